The lowest BCUT2D eigenvalue weighted by Crippen LogP contribution is -2.40. The highest BCUT2D eigenvalue weighted by molar-refractivity contribution is 5.98. The van der Waals surface area contributed by atoms with Gasteiger partial charge >= 0.3 is 12.1 Å². The van der Waals surface area contributed by atoms with Crippen molar-refractivity contribution < 1.29 is 32.3 Å². The predicted octanol–water partition coefficient (Wildman–Crippen LogP) is 5.11. The van der Waals surface area contributed by atoms with Crippen molar-refractivity contribution in [2.45, 2.75) is 38.8 Å². The number of alkyl halides is 3. The zero-order valence-electron chi connectivity index (χ0n) is 18.5. The van der Waals surface area contributed by atoms with Crippen LogP contribution in [-0.2, 0) is 15.7 Å². The van der Waals surface area contributed by atoms with Crippen molar-refractivity contribution in [1.82, 2.24) is 4.90 Å². The Morgan fingerprint density at radius 3 is 2.00 bits per heavy atom. The van der Waals surface area contributed by atoms with Crippen LogP contribution in [0.1, 0.15) is 64.4 Å². The molecule has 0 N–H and O–H groups in total. The summed E-state index contributed by atoms with van der Waals surface area (Å²) < 4.78 is 43.3. The van der Waals surface area contributed by atoms with Crippen molar-refractivity contribution in [3.63, 3.8) is 0 Å². The highest BCUT2D eigenvalue weighted by Crippen LogP contribution is 2.29. The highest BCUT2D eigenvalue weighted by Gasteiger charge is 2.32. The van der Waals surface area contributed by atoms with Gasteiger partial charge in [-0.15, -0.1) is 0 Å². The number of Topliss-reactive ketones (excluding diaryl/α,β-unsaturated/α-hetero) is 1. The van der Waals surface area contributed by atoms with E-state index >= 15 is 0 Å². The molecule has 1 aliphatic heterocycles. The molecule has 1 heterocycles. The number of benzene rings is 2. The number of rotatable bonds is 6. The molecular formula is C25H26F3NO4. The molecule has 0 aromatic heterocycles. The number of nitrogens with zero attached hydrogens (tertiary/aromatic N) is 1. The molecule has 0 saturated carbocycles. The van der Waals surface area contributed by atoms with E-state index in [1.165, 1.54) is 4.90 Å². The Morgan fingerprint density at radius 2 is 1.48 bits per heavy atom. The summed E-state index contributed by atoms with van der Waals surface area (Å²) in [5, 5.41) is 0. The number of amides is 1. The summed E-state index contributed by atoms with van der Waals surface area (Å²) in [5.41, 5.74) is 0.939. The molecule has 0 spiro atoms. The largest absolute Gasteiger partial charge is 0.457 e. The summed E-state index contributed by atoms with van der Waals surface area (Å²) in [5.74, 6) is -1.23. The number of hydrogen-bond donors (Lipinski definition) is 0. The molecule has 1 saturated heterocycles. The minimum Gasteiger partial charge on any atom is -0.457 e. The Kier molecular flexibility index (Phi) is 7.56. The number of piperidine rings is 1. The fraction of sp³-hybridized carbons (Fsp3) is 0.400. The van der Waals surface area contributed by atoms with E-state index in [0.717, 1.165) is 29.8 Å². The Balaban J connectivity index is 1.47. The number of hydrogen-bond acceptors (Lipinski definition) is 4. The predicted molar refractivity (Wildman–Crippen MR) is 116 cm³/mol. The van der Waals surface area contributed by atoms with Crippen molar-refractivity contribution in [3.05, 3.63) is 70.8 Å². The molecule has 0 radical (unpaired) electrons. The van der Waals surface area contributed by atoms with Crippen LogP contribution in [0.15, 0.2) is 48.5 Å². The molecule has 0 aliphatic carbocycles. The molecule has 3 rings (SSSR count). The summed E-state index contributed by atoms with van der Waals surface area (Å²) in [4.78, 5) is 38.7. The summed E-state index contributed by atoms with van der Waals surface area (Å²) >= 11 is 0. The second-order valence-corrected chi connectivity index (χ2v) is 8.45. The first-order valence-corrected chi connectivity index (χ1v) is 10.8. The third kappa shape index (κ3) is 6.21. The van der Waals surface area contributed by atoms with Crippen LogP contribution >= 0.6 is 0 Å². The maximum Gasteiger partial charge on any atom is 0.416 e. The van der Waals surface area contributed by atoms with Gasteiger partial charge in [-0.1, -0.05) is 38.1 Å². The molecule has 1 fully saturated rings. The Hall–Kier alpha value is -3.16. The van der Waals surface area contributed by atoms with E-state index in [1.807, 2.05) is 12.1 Å². The average molecular weight is 461 g/mol. The van der Waals surface area contributed by atoms with Crippen LogP contribution in [0.25, 0.3) is 0 Å². The maximum atomic E-state index is 12.7. The van der Waals surface area contributed by atoms with E-state index in [1.54, 1.807) is 12.1 Å². The van der Waals surface area contributed by atoms with Crippen LogP contribution in [0.5, 0.6) is 0 Å². The molecule has 176 valence electrons. The number of ether oxygens (including phenoxy) is 1. The quantitative estimate of drug-likeness (QED) is 0.443. The molecular weight excluding hydrogens is 435 g/mol. The minimum atomic E-state index is -4.46. The van der Waals surface area contributed by atoms with Crippen molar-refractivity contribution in [1.29, 1.82) is 0 Å². The van der Waals surface area contributed by atoms with E-state index in [2.05, 4.69) is 13.8 Å². The second-order valence-electron chi connectivity index (χ2n) is 8.45. The van der Waals surface area contributed by atoms with Gasteiger partial charge in [0.1, 0.15) is 0 Å². The van der Waals surface area contributed by atoms with Gasteiger partial charge in [0, 0.05) is 24.2 Å². The SMILES string of the molecule is CC(C)c1ccc(C(=O)COC(=O)C2CCN(C(=O)c3ccc(C(F)(F)F)cc3)CC2)cc1. The summed E-state index contributed by atoms with van der Waals surface area (Å²) in [6, 6.07) is 11.3. The topological polar surface area (TPSA) is 63.7 Å². The molecule has 0 bridgehead atoms. The van der Waals surface area contributed by atoms with Crippen molar-refractivity contribution in [2.75, 3.05) is 19.7 Å². The van der Waals surface area contributed by atoms with E-state index in [-0.39, 0.29) is 37.0 Å². The number of carbonyl (C=O) groups excluding carboxylic acids is 3. The van der Waals surface area contributed by atoms with Gasteiger partial charge in [-0.3, -0.25) is 14.4 Å². The molecule has 0 atom stereocenters. The summed E-state index contributed by atoms with van der Waals surface area (Å²) in [6.45, 7) is 4.33. The first kappa shape index (κ1) is 24.5. The summed E-state index contributed by atoms with van der Waals surface area (Å²) in [7, 11) is 0. The van der Waals surface area contributed by atoms with Crippen LogP contribution in [0, 0.1) is 5.92 Å². The van der Waals surface area contributed by atoms with Crippen molar-refractivity contribution in [2.24, 2.45) is 5.92 Å². The second kappa shape index (κ2) is 10.2. The van der Waals surface area contributed by atoms with Crippen LogP contribution < -0.4 is 0 Å². The van der Waals surface area contributed by atoms with E-state index in [9.17, 15) is 27.6 Å². The molecule has 5 nitrogen and oxygen atoms in total. The molecule has 33 heavy (non-hydrogen) atoms. The van der Waals surface area contributed by atoms with Gasteiger partial charge in [0.2, 0.25) is 0 Å². The van der Waals surface area contributed by atoms with Gasteiger partial charge in [0.05, 0.1) is 11.5 Å². The zero-order valence-corrected chi connectivity index (χ0v) is 18.5. The fourth-order valence-electron chi connectivity index (χ4n) is 3.69. The van der Waals surface area contributed by atoms with Crippen molar-refractivity contribution in [3.8, 4) is 0 Å². The lowest BCUT2D eigenvalue weighted by molar-refractivity contribution is -0.148. The standard InChI is InChI=1S/C25H26F3NO4/c1-16(2)17-3-5-18(6-4-17)22(30)15-33-24(32)20-11-13-29(14-12-20)23(31)19-7-9-21(10-8-19)25(26,27)28/h3-10,16,20H,11-15H2,1-2H3. The smallest absolute Gasteiger partial charge is 0.416 e. The molecule has 1 amide bonds. The van der Waals surface area contributed by atoms with Gasteiger partial charge in [0.15, 0.2) is 12.4 Å². The van der Waals surface area contributed by atoms with Gasteiger partial charge in [-0.25, -0.2) is 0 Å². The van der Waals surface area contributed by atoms with Gasteiger partial charge < -0.3 is 9.64 Å². The Morgan fingerprint density at radius 1 is 0.939 bits per heavy atom. The third-order valence-electron chi connectivity index (χ3n) is 5.82. The summed E-state index contributed by atoms with van der Waals surface area (Å²) in [6.07, 6.45) is -3.73. The van der Waals surface area contributed by atoms with Gasteiger partial charge in [0.25, 0.3) is 5.91 Å². The van der Waals surface area contributed by atoms with Crippen LogP contribution in [0.2, 0.25) is 0 Å². The lowest BCUT2D eigenvalue weighted by atomic mass is 9.96. The highest BCUT2D eigenvalue weighted by atomic mass is 19.4. The third-order valence-corrected chi connectivity index (χ3v) is 5.82. The molecule has 8 heteroatoms. The Bertz CT molecular complexity index is 990. The van der Waals surface area contributed by atoms with E-state index in [4.69, 9.17) is 4.74 Å². The maximum absolute atomic E-state index is 12.7. The Labute approximate surface area is 190 Å². The van der Waals surface area contributed by atoms with Crippen LogP contribution in [0.4, 0.5) is 13.2 Å². The number of esters is 1. The molecule has 2 aromatic carbocycles. The van der Waals surface area contributed by atoms with Crippen molar-refractivity contribution >= 4 is 17.7 Å². The molecule has 2 aromatic rings. The first-order chi connectivity index (χ1) is 15.6. The monoisotopic (exact) mass is 461 g/mol. The van der Waals surface area contributed by atoms with Gasteiger partial charge in [-0.2, -0.15) is 13.2 Å². The lowest BCUT2D eigenvalue weighted by Gasteiger charge is -2.31. The number of ketones is 1. The normalized spacial score (nSPS) is 14.9. The number of carbonyl (C=O) groups is 3. The average Bonchev–Trinajstić information content (AvgIpc) is 2.81. The molecule has 1 aliphatic rings. The van der Waals surface area contributed by atoms with Crippen LogP contribution in [0.3, 0.4) is 0 Å². The number of likely N-dealkylation sites (tertiary alicyclic amines) is 1. The minimum absolute atomic E-state index is 0.165. The molecule has 0 unspecified atom stereocenters. The fourth-order valence-corrected chi connectivity index (χ4v) is 3.69. The van der Waals surface area contributed by atoms with Gasteiger partial charge in [-0.05, 0) is 48.6 Å². The van der Waals surface area contributed by atoms with E-state index < -0.39 is 23.6 Å². The zero-order chi connectivity index (χ0) is 24.2. The number of halogens is 3. The van der Waals surface area contributed by atoms with E-state index in [0.29, 0.717) is 24.3 Å². The first-order valence-electron chi connectivity index (χ1n) is 10.8. The van der Waals surface area contributed by atoms with Crippen LogP contribution in [-0.4, -0.2) is 42.3 Å².